The van der Waals surface area contributed by atoms with E-state index in [1.54, 1.807) is 24.3 Å². The smallest absolute Gasteiger partial charge is 0.416 e. The molecule has 6 nitrogen and oxygen atoms in total. The maximum absolute atomic E-state index is 12.6. The minimum atomic E-state index is -4.53. The molecule has 0 aliphatic carbocycles. The van der Waals surface area contributed by atoms with Crippen LogP contribution in [0.2, 0.25) is 0 Å². The molecule has 0 spiro atoms. The average Bonchev–Trinajstić information content (AvgIpc) is 2.71. The van der Waals surface area contributed by atoms with Crippen LogP contribution in [0.15, 0.2) is 48.5 Å². The van der Waals surface area contributed by atoms with Crippen molar-refractivity contribution in [3.8, 4) is 5.75 Å². The van der Waals surface area contributed by atoms with Crippen LogP contribution in [0, 0.1) is 0 Å². The fourth-order valence-corrected chi connectivity index (χ4v) is 2.63. The van der Waals surface area contributed by atoms with E-state index in [4.69, 9.17) is 4.74 Å². The Morgan fingerprint density at radius 1 is 1.10 bits per heavy atom. The maximum atomic E-state index is 12.6. The number of amides is 1. The second-order valence-electron chi connectivity index (χ2n) is 6.16. The standard InChI is InChI=1S/C20H20F3NO5/c1-28-15-5-3-4-12(10-15)11-16(19(27)29-2)24-18(26)17(25)13-6-8-14(9-7-13)20(21,22)23/h3-10,16-17,25H,11H2,1-2H3,(H,24,26)/t16-,17-/m0/s1. The van der Waals surface area contributed by atoms with Gasteiger partial charge in [-0.2, -0.15) is 13.2 Å². The second kappa shape index (κ2) is 9.42. The van der Waals surface area contributed by atoms with Crippen molar-refractivity contribution < 1.29 is 37.3 Å². The van der Waals surface area contributed by atoms with Crippen LogP contribution in [-0.4, -0.2) is 37.2 Å². The highest BCUT2D eigenvalue weighted by atomic mass is 19.4. The van der Waals surface area contributed by atoms with Gasteiger partial charge < -0.3 is 19.9 Å². The van der Waals surface area contributed by atoms with Gasteiger partial charge in [0, 0.05) is 6.42 Å². The molecule has 2 atom stereocenters. The molecular formula is C20H20F3NO5. The van der Waals surface area contributed by atoms with Gasteiger partial charge >= 0.3 is 12.1 Å². The minimum absolute atomic E-state index is 0.0412. The summed E-state index contributed by atoms with van der Waals surface area (Å²) < 4.78 is 47.7. The number of aliphatic hydroxyl groups excluding tert-OH is 1. The van der Waals surface area contributed by atoms with Gasteiger partial charge in [-0.25, -0.2) is 4.79 Å². The summed E-state index contributed by atoms with van der Waals surface area (Å²) in [6, 6.07) is 9.24. The van der Waals surface area contributed by atoms with Crippen LogP contribution in [-0.2, 0) is 26.9 Å². The number of carbonyl (C=O) groups is 2. The highest BCUT2D eigenvalue weighted by Crippen LogP contribution is 2.30. The molecule has 2 N–H and O–H groups in total. The summed E-state index contributed by atoms with van der Waals surface area (Å²) in [5.74, 6) is -1.12. The number of halogens is 3. The minimum Gasteiger partial charge on any atom is -0.497 e. The normalized spacial score (nSPS) is 13.3. The third-order valence-electron chi connectivity index (χ3n) is 4.18. The van der Waals surface area contributed by atoms with Crippen molar-refractivity contribution in [1.29, 1.82) is 0 Å². The van der Waals surface area contributed by atoms with Gasteiger partial charge in [-0.3, -0.25) is 4.79 Å². The van der Waals surface area contributed by atoms with Gasteiger partial charge in [0.15, 0.2) is 6.10 Å². The molecule has 2 rings (SSSR count). The molecule has 0 aliphatic rings. The highest BCUT2D eigenvalue weighted by molar-refractivity contribution is 5.87. The van der Waals surface area contributed by atoms with Crippen LogP contribution in [0.5, 0.6) is 5.75 Å². The zero-order chi connectivity index (χ0) is 21.6. The first-order valence-electron chi connectivity index (χ1n) is 8.52. The lowest BCUT2D eigenvalue weighted by Crippen LogP contribution is -2.45. The van der Waals surface area contributed by atoms with Crippen LogP contribution < -0.4 is 10.1 Å². The van der Waals surface area contributed by atoms with E-state index in [1.807, 2.05) is 0 Å². The molecule has 0 saturated carbocycles. The molecule has 0 radical (unpaired) electrons. The Balaban J connectivity index is 2.13. The molecule has 0 bridgehead atoms. The zero-order valence-electron chi connectivity index (χ0n) is 15.7. The number of methoxy groups -OCH3 is 2. The van der Waals surface area contributed by atoms with E-state index in [0.29, 0.717) is 11.3 Å². The van der Waals surface area contributed by atoms with Gasteiger partial charge in [-0.05, 0) is 35.4 Å². The number of aliphatic hydroxyl groups is 1. The molecule has 0 unspecified atom stereocenters. The van der Waals surface area contributed by atoms with Gasteiger partial charge in [-0.1, -0.05) is 24.3 Å². The Hall–Kier alpha value is -3.07. The third-order valence-corrected chi connectivity index (χ3v) is 4.18. The fraction of sp³-hybridized carbons (Fsp3) is 0.300. The number of nitrogens with one attached hydrogen (secondary N) is 1. The van der Waals surface area contributed by atoms with E-state index >= 15 is 0 Å². The van der Waals surface area contributed by atoms with Crippen molar-refractivity contribution in [3.05, 3.63) is 65.2 Å². The number of ether oxygens (including phenoxy) is 2. The van der Waals surface area contributed by atoms with Crippen molar-refractivity contribution >= 4 is 11.9 Å². The molecule has 0 aliphatic heterocycles. The summed E-state index contributed by atoms with van der Waals surface area (Å²) in [4.78, 5) is 24.4. The highest BCUT2D eigenvalue weighted by Gasteiger charge is 2.31. The molecule has 2 aromatic carbocycles. The van der Waals surface area contributed by atoms with Crippen molar-refractivity contribution in [1.82, 2.24) is 5.32 Å². The topological polar surface area (TPSA) is 84.9 Å². The Morgan fingerprint density at radius 3 is 2.31 bits per heavy atom. The van der Waals surface area contributed by atoms with Crippen LogP contribution in [0.3, 0.4) is 0 Å². The fourth-order valence-electron chi connectivity index (χ4n) is 2.63. The van der Waals surface area contributed by atoms with Crippen molar-refractivity contribution in [3.63, 3.8) is 0 Å². The Morgan fingerprint density at radius 2 is 1.76 bits per heavy atom. The van der Waals surface area contributed by atoms with Crippen molar-refractivity contribution in [2.75, 3.05) is 14.2 Å². The van der Waals surface area contributed by atoms with Gasteiger partial charge in [0.2, 0.25) is 0 Å². The number of alkyl halides is 3. The summed E-state index contributed by atoms with van der Waals surface area (Å²) in [5.41, 5.74) is -0.274. The Bertz CT molecular complexity index is 852. The number of esters is 1. The molecule has 0 fully saturated rings. The lowest BCUT2D eigenvalue weighted by Gasteiger charge is -2.19. The molecule has 1 amide bonds. The Labute approximate surface area is 165 Å². The van der Waals surface area contributed by atoms with Crippen LogP contribution >= 0.6 is 0 Å². The van der Waals surface area contributed by atoms with E-state index in [-0.39, 0.29) is 12.0 Å². The molecule has 2 aromatic rings. The van der Waals surface area contributed by atoms with E-state index < -0.39 is 35.8 Å². The molecule has 156 valence electrons. The molecular weight excluding hydrogens is 391 g/mol. The predicted molar refractivity (Wildman–Crippen MR) is 97.0 cm³/mol. The largest absolute Gasteiger partial charge is 0.497 e. The second-order valence-corrected chi connectivity index (χ2v) is 6.16. The van der Waals surface area contributed by atoms with Crippen LogP contribution in [0.25, 0.3) is 0 Å². The molecule has 0 heterocycles. The van der Waals surface area contributed by atoms with Crippen LogP contribution in [0.1, 0.15) is 22.8 Å². The van der Waals surface area contributed by atoms with Gasteiger partial charge in [0.05, 0.1) is 19.8 Å². The van der Waals surface area contributed by atoms with Crippen molar-refractivity contribution in [2.24, 2.45) is 0 Å². The van der Waals surface area contributed by atoms with Crippen LogP contribution in [0.4, 0.5) is 13.2 Å². The molecule has 0 aromatic heterocycles. The summed E-state index contributed by atoms with van der Waals surface area (Å²) in [6.45, 7) is 0. The zero-order valence-corrected chi connectivity index (χ0v) is 15.7. The average molecular weight is 411 g/mol. The summed E-state index contributed by atoms with van der Waals surface area (Å²) >= 11 is 0. The maximum Gasteiger partial charge on any atom is 0.416 e. The number of benzene rings is 2. The lowest BCUT2D eigenvalue weighted by atomic mass is 10.0. The monoisotopic (exact) mass is 411 g/mol. The molecule has 29 heavy (non-hydrogen) atoms. The number of hydrogen-bond donors (Lipinski definition) is 2. The first kappa shape index (κ1) is 22.2. The first-order valence-corrected chi connectivity index (χ1v) is 8.52. The molecule has 0 saturated heterocycles. The van der Waals surface area contributed by atoms with E-state index in [1.165, 1.54) is 7.11 Å². The quantitative estimate of drug-likeness (QED) is 0.685. The Kier molecular flexibility index (Phi) is 7.22. The summed E-state index contributed by atoms with van der Waals surface area (Å²) in [6.07, 6.45) is -6.22. The SMILES string of the molecule is COC(=O)[C@H](Cc1cccc(OC)c1)NC(=O)[C@@H](O)c1ccc(C(F)(F)F)cc1. The van der Waals surface area contributed by atoms with Gasteiger partial charge in [0.25, 0.3) is 5.91 Å². The summed E-state index contributed by atoms with van der Waals surface area (Å²) in [5, 5.41) is 12.5. The van der Waals surface area contributed by atoms with Crippen molar-refractivity contribution in [2.45, 2.75) is 24.7 Å². The lowest BCUT2D eigenvalue weighted by molar-refractivity contribution is -0.146. The van der Waals surface area contributed by atoms with E-state index in [2.05, 4.69) is 10.1 Å². The summed E-state index contributed by atoms with van der Waals surface area (Å²) in [7, 11) is 2.64. The van der Waals surface area contributed by atoms with E-state index in [9.17, 15) is 27.9 Å². The number of rotatable bonds is 7. The number of hydrogen-bond acceptors (Lipinski definition) is 5. The first-order chi connectivity index (χ1) is 13.7. The third kappa shape index (κ3) is 5.95. The van der Waals surface area contributed by atoms with Gasteiger partial charge in [0.1, 0.15) is 11.8 Å². The van der Waals surface area contributed by atoms with Gasteiger partial charge in [-0.15, -0.1) is 0 Å². The number of carbonyl (C=O) groups excluding carboxylic acids is 2. The van der Waals surface area contributed by atoms with E-state index in [0.717, 1.165) is 31.4 Å². The molecule has 9 heteroatoms. The predicted octanol–water partition coefficient (Wildman–Crippen LogP) is 2.65.